The van der Waals surface area contributed by atoms with Crippen molar-refractivity contribution in [2.75, 3.05) is 0 Å². The minimum atomic E-state index is -4.28. The van der Waals surface area contributed by atoms with Crippen molar-refractivity contribution < 1.29 is 17.2 Å². The average Bonchev–Trinajstić information content (AvgIpc) is 1.80. The van der Waals surface area contributed by atoms with E-state index in [9.17, 15) is 8.42 Å². The Morgan fingerprint density at radius 2 is 1.91 bits per heavy atom. The Balaban J connectivity index is 4.10. The first kappa shape index (κ1) is 10.9. The van der Waals surface area contributed by atoms with Crippen LogP contribution in [0.15, 0.2) is 0 Å². The molecule has 0 fully saturated rings. The van der Waals surface area contributed by atoms with E-state index in [1.807, 2.05) is 13.8 Å². The summed E-state index contributed by atoms with van der Waals surface area (Å²) in [4.78, 5) is 0. The topological polar surface area (TPSA) is 63.6 Å². The van der Waals surface area contributed by atoms with Crippen molar-refractivity contribution in [3.05, 3.63) is 0 Å². The quantitative estimate of drug-likeness (QED) is 0.664. The van der Waals surface area contributed by atoms with Crippen LogP contribution in [0.4, 0.5) is 0 Å². The molecular formula is C6H14O4S. The fourth-order valence-corrected chi connectivity index (χ4v) is 1.48. The maximum atomic E-state index is 10.2. The summed E-state index contributed by atoms with van der Waals surface area (Å²) in [5, 5.41) is 0. The van der Waals surface area contributed by atoms with E-state index in [1.165, 1.54) is 0 Å². The van der Waals surface area contributed by atoms with Crippen LogP contribution < -0.4 is 0 Å². The predicted octanol–water partition coefficient (Wildman–Crippen LogP) is 1.24. The van der Waals surface area contributed by atoms with E-state index in [0.29, 0.717) is 6.42 Å². The van der Waals surface area contributed by atoms with Gasteiger partial charge in [-0.25, -0.2) is 4.18 Å². The van der Waals surface area contributed by atoms with E-state index in [4.69, 9.17) is 4.55 Å². The highest BCUT2D eigenvalue weighted by Crippen LogP contribution is 2.12. The van der Waals surface area contributed by atoms with Crippen LogP contribution in [-0.2, 0) is 14.6 Å². The van der Waals surface area contributed by atoms with Crippen LogP contribution in [0.25, 0.3) is 0 Å². The summed E-state index contributed by atoms with van der Waals surface area (Å²) in [5.41, 5.74) is 0. The lowest BCUT2D eigenvalue weighted by molar-refractivity contribution is 0.135. The second-order valence-corrected chi connectivity index (χ2v) is 3.76. The van der Waals surface area contributed by atoms with Gasteiger partial charge in [-0.1, -0.05) is 20.8 Å². The van der Waals surface area contributed by atoms with E-state index in [1.54, 1.807) is 6.92 Å². The van der Waals surface area contributed by atoms with E-state index in [0.717, 1.165) is 0 Å². The zero-order chi connectivity index (χ0) is 9.07. The van der Waals surface area contributed by atoms with Crippen molar-refractivity contribution in [1.29, 1.82) is 0 Å². The molecule has 11 heavy (non-hydrogen) atoms. The highest BCUT2D eigenvalue weighted by atomic mass is 32.3. The summed E-state index contributed by atoms with van der Waals surface area (Å²) in [6.07, 6.45) is 0.141. The maximum Gasteiger partial charge on any atom is 0.397 e. The van der Waals surface area contributed by atoms with Gasteiger partial charge < -0.3 is 0 Å². The predicted molar refractivity (Wildman–Crippen MR) is 41.6 cm³/mol. The molecule has 0 aliphatic carbocycles. The molecule has 0 aromatic heterocycles. The van der Waals surface area contributed by atoms with Gasteiger partial charge in [0, 0.05) is 0 Å². The normalized spacial score (nSPS) is 15.4. The third-order valence-electron chi connectivity index (χ3n) is 1.39. The van der Waals surface area contributed by atoms with Gasteiger partial charge in [-0.05, 0) is 12.3 Å². The Bertz CT molecular complexity index is 195. The molecule has 1 atom stereocenters. The Kier molecular flexibility index (Phi) is 3.99. The molecule has 0 spiro atoms. The molecule has 0 radical (unpaired) electrons. The molecule has 0 bridgehead atoms. The minimum Gasteiger partial charge on any atom is -0.264 e. The van der Waals surface area contributed by atoms with Crippen LogP contribution in [0.3, 0.4) is 0 Å². The van der Waals surface area contributed by atoms with Crippen molar-refractivity contribution in [3.8, 4) is 0 Å². The van der Waals surface area contributed by atoms with Crippen molar-refractivity contribution in [2.45, 2.75) is 33.3 Å². The molecule has 0 aromatic carbocycles. The standard InChI is InChI=1S/C6H14O4S/c1-4-6(5(2)3)10-11(7,8)9/h5-6H,4H2,1-3H3,(H,7,8,9). The number of hydrogen-bond acceptors (Lipinski definition) is 3. The van der Waals surface area contributed by atoms with Gasteiger partial charge in [-0.2, -0.15) is 8.42 Å². The molecule has 4 nitrogen and oxygen atoms in total. The lowest BCUT2D eigenvalue weighted by Gasteiger charge is -2.16. The molecule has 0 saturated carbocycles. The van der Waals surface area contributed by atoms with E-state index in [2.05, 4.69) is 4.18 Å². The van der Waals surface area contributed by atoms with Gasteiger partial charge >= 0.3 is 10.4 Å². The van der Waals surface area contributed by atoms with Gasteiger partial charge in [-0.3, -0.25) is 4.55 Å². The zero-order valence-electron chi connectivity index (χ0n) is 6.94. The third-order valence-corrected chi connectivity index (χ3v) is 1.88. The SMILES string of the molecule is CCC(OS(=O)(=O)O)C(C)C. The Hall–Kier alpha value is -0.130. The van der Waals surface area contributed by atoms with Crippen molar-refractivity contribution in [1.82, 2.24) is 0 Å². The average molecular weight is 182 g/mol. The first-order chi connectivity index (χ1) is 4.87. The van der Waals surface area contributed by atoms with Gasteiger partial charge in [0.25, 0.3) is 0 Å². The summed E-state index contributed by atoms with van der Waals surface area (Å²) < 4.78 is 33.2. The van der Waals surface area contributed by atoms with Gasteiger partial charge in [0.1, 0.15) is 0 Å². The highest BCUT2D eigenvalue weighted by molar-refractivity contribution is 7.80. The van der Waals surface area contributed by atoms with E-state index >= 15 is 0 Å². The van der Waals surface area contributed by atoms with Crippen LogP contribution in [-0.4, -0.2) is 19.1 Å². The molecule has 0 aliphatic heterocycles. The fourth-order valence-electron chi connectivity index (χ4n) is 0.807. The molecule has 0 aliphatic rings. The fraction of sp³-hybridized carbons (Fsp3) is 1.00. The highest BCUT2D eigenvalue weighted by Gasteiger charge is 2.18. The summed E-state index contributed by atoms with van der Waals surface area (Å²) in [6, 6.07) is 0. The molecule has 5 heteroatoms. The van der Waals surface area contributed by atoms with Gasteiger partial charge in [0.15, 0.2) is 0 Å². The molecule has 0 amide bonds. The summed E-state index contributed by atoms with van der Waals surface area (Å²) in [7, 11) is -4.28. The van der Waals surface area contributed by atoms with Gasteiger partial charge in [-0.15, -0.1) is 0 Å². The minimum absolute atomic E-state index is 0.0851. The van der Waals surface area contributed by atoms with Crippen LogP contribution in [0.2, 0.25) is 0 Å². The van der Waals surface area contributed by atoms with Crippen LogP contribution >= 0.6 is 0 Å². The second-order valence-electron chi connectivity index (χ2n) is 2.71. The van der Waals surface area contributed by atoms with Gasteiger partial charge in [0.05, 0.1) is 6.10 Å². The van der Waals surface area contributed by atoms with Crippen molar-refractivity contribution in [3.63, 3.8) is 0 Å². The first-order valence-corrected chi connectivity index (χ1v) is 4.89. The Morgan fingerprint density at radius 1 is 1.45 bits per heavy atom. The lowest BCUT2D eigenvalue weighted by atomic mass is 10.1. The summed E-state index contributed by atoms with van der Waals surface area (Å²) in [5.74, 6) is 0.0851. The maximum absolute atomic E-state index is 10.2. The van der Waals surface area contributed by atoms with Crippen molar-refractivity contribution in [2.24, 2.45) is 5.92 Å². The largest absolute Gasteiger partial charge is 0.397 e. The smallest absolute Gasteiger partial charge is 0.264 e. The molecule has 0 aromatic rings. The lowest BCUT2D eigenvalue weighted by Crippen LogP contribution is -2.22. The third kappa shape index (κ3) is 5.17. The summed E-state index contributed by atoms with van der Waals surface area (Å²) in [6.45, 7) is 5.47. The first-order valence-electron chi connectivity index (χ1n) is 3.52. The van der Waals surface area contributed by atoms with Gasteiger partial charge in [0.2, 0.25) is 0 Å². The zero-order valence-corrected chi connectivity index (χ0v) is 7.76. The molecule has 0 rings (SSSR count). The molecular weight excluding hydrogens is 168 g/mol. The number of hydrogen-bond donors (Lipinski definition) is 1. The Morgan fingerprint density at radius 3 is 2.00 bits per heavy atom. The van der Waals surface area contributed by atoms with E-state index < -0.39 is 16.5 Å². The van der Waals surface area contributed by atoms with Crippen LogP contribution in [0.1, 0.15) is 27.2 Å². The summed E-state index contributed by atoms with van der Waals surface area (Å²) >= 11 is 0. The molecule has 0 heterocycles. The monoisotopic (exact) mass is 182 g/mol. The van der Waals surface area contributed by atoms with E-state index in [-0.39, 0.29) is 5.92 Å². The van der Waals surface area contributed by atoms with Crippen molar-refractivity contribution >= 4 is 10.4 Å². The van der Waals surface area contributed by atoms with Crippen LogP contribution in [0, 0.1) is 5.92 Å². The van der Waals surface area contributed by atoms with Crippen LogP contribution in [0.5, 0.6) is 0 Å². The molecule has 0 saturated heterocycles. The number of rotatable bonds is 4. The molecule has 1 unspecified atom stereocenters. The molecule has 68 valence electrons. The molecule has 1 N–H and O–H groups in total. The second kappa shape index (κ2) is 4.04. The Labute approximate surface area is 67.5 Å².